The van der Waals surface area contributed by atoms with Gasteiger partial charge in [-0.25, -0.2) is 4.39 Å². The molecule has 2 aromatic carbocycles. The maximum absolute atomic E-state index is 13.0. The highest BCUT2D eigenvalue weighted by molar-refractivity contribution is 6.00. The number of carbonyl (C=O) groups is 2. The molecule has 0 aromatic heterocycles. The van der Waals surface area contributed by atoms with Crippen molar-refractivity contribution in [2.24, 2.45) is 5.92 Å². The van der Waals surface area contributed by atoms with Crippen molar-refractivity contribution in [3.8, 4) is 0 Å². The molecular weight excluding hydrogens is 307 g/mol. The Kier molecular flexibility index (Phi) is 4.60. The maximum Gasteiger partial charge on any atom is 0.227 e. The molecule has 1 N–H and O–H groups in total. The fourth-order valence-corrected chi connectivity index (χ4v) is 2.79. The second kappa shape index (κ2) is 6.83. The first kappa shape index (κ1) is 16.2. The number of aryl methyl sites for hydroxylation is 1. The minimum absolute atomic E-state index is 0.114. The first-order chi connectivity index (χ1) is 11.5. The molecule has 1 fully saturated rings. The first-order valence-electron chi connectivity index (χ1n) is 7.92. The van der Waals surface area contributed by atoms with Crippen LogP contribution in [-0.4, -0.2) is 18.4 Å². The van der Waals surface area contributed by atoms with Crippen LogP contribution in [0.2, 0.25) is 0 Å². The Labute approximate surface area is 140 Å². The van der Waals surface area contributed by atoms with Crippen LogP contribution in [0, 0.1) is 18.7 Å². The van der Waals surface area contributed by atoms with Crippen molar-refractivity contribution in [1.29, 1.82) is 0 Å². The standard InChI is InChI=1S/C19H19FN2O2/c1-13-2-4-14(5-3-13)11-21-19(24)15-10-18(23)22(12-15)17-8-6-16(20)7-9-17/h2-9,15H,10-12H2,1H3,(H,21,24)/t15-/m1/s1. The number of hydrogen-bond acceptors (Lipinski definition) is 2. The minimum Gasteiger partial charge on any atom is -0.352 e. The fraction of sp³-hybridized carbons (Fsp3) is 0.263. The highest BCUT2D eigenvalue weighted by Crippen LogP contribution is 2.25. The molecule has 1 saturated heterocycles. The third kappa shape index (κ3) is 3.62. The Bertz CT molecular complexity index is 741. The summed E-state index contributed by atoms with van der Waals surface area (Å²) in [5.41, 5.74) is 2.81. The Morgan fingerprint density at radius 1 is 1.17 bits per heavy atom. The van der Waals surface area contributed by atoms with Crippen molar-refractivity contribution in [2.45, 2.75) is 19.9 Å². The summed E-state index contributed by atoms with van der Waals surface area (Å²) in [6.45, 7) is 2.78. The van der Waals surface area contributed by atoms with Gasteiger partial charge < -0.3 is 10.2 Å². The largest absolute Gasteiger partial charge is 0.352 e. The molecule has 1 aliphatic rings. The van der Waals surface area contributed by atoms with E-state index in [1.807, 2.05) is 31.2 Å². The van der Waals surface area contributed by atoms with E-state index in [1.165, 1.54) is 22.6 Å². The molecule has 0 saturated carbocycles. The summed E-state index contributed by atoms with van der Waals surface area (Å²) in [5.74, 6) is -0.976. The van der Waals surface area contributed by atoms with Gasteiger partial charge in [0, 0.05) is 25.2 Å². The molecule has 0 spiro atoms. The first-order valence-corrected chi connectivity index (χ1v) is 7.92. The van der Waals surface area contributed by atoms with E-state index in [4.69, 9.17) is 0 Å². The van der Waals surface area contributed by atoms with Crippen LogP contribution >= 0.6 is 0 Å². The van der Waals surface area contributed by atoms with E-state index < -0.39 is 0 Å². The molecule has 2 amide bonds. The van der Waals surface area contributed by atoms with Crippen LogP contribution in [0.4, 0.5) is 10.1 Å². The highest BCUT2D eigenvalue weighted by Gasteiger charge is 2.34. The molecule has 5 heteroatoms. The van der Waals surface area contributed by atoms with Gasteiger partial charge in [0.1, 0.15) is 5.82 Å². The lowest BCUT2D eigenvalue weighted by Gasteiger charge is -2.16. The molecule has 0 aliphatic carbocycles. The molecule has 1 heterocycles. The van der Waals surface area contributed by atoms with E-state index in [0.29, 0.717) is 18.8 Å². The molecule has 0 bridgehead atoms. The second-order valence-corrected chi connectivity index (χ2v) is 6.09. The predicted molar refractivity (Wildman–Crippen MR) is 89.9 cm³/mol. The number of nitrogens with zero attached hydrogens (tertiary/aromatic N) is 1. The lowest BCUT2D eigenvalue weighted by molar-refractivity contribution is -0.126. The highest BCUT2D eigenvalue weighted by atomic mass is 19.1. The molecule has 4 nitrogen and oxygen atoms in total. The van der Waals surface area contributed by atoms with Crippen molar-refractivity contribution in [2.75, 3.05) is 11.4 Å². The Hall–Kier alpha value is -2.69. The van der Waals surface area contributed by atoms with E-state index in [9.17, 15) is 14.0 Å². The Morgan fingerprint density at radius 2 is 1.83 bits per heavy atom. The third-order valence-corrected chi connectivity index (χ3v) is 4.22. The van der Waals surface area contributed by atoms with E-state index in [-0.39, 0.29) is 30.0 Å². The van der Waals surface area contributed by atoms with E-state index >= 15 is 0 Å². The Balaban J connectivity index is 1.59. The topological polar surface area (TPSA) is 49.4 Å². The number of halogens is 1. The van der Waals surface area contributed by atoms with Gasteiger partial charge in [0.25, 0.3) is 0 Å². The summed E-state index contributed by atoms with van der Waals surface area (Å²) in [6.07, 6.45) is 0.178. The lowest BCUT2D eigenvalue weighted by Crippen LogP contribution is -2.32. The molecule has 3 rings (SSSR count). The second-order valence-electron chi connectivity index (χ2n) is 6.09. The normalized spacial score (nSPS) is 17.2. The summed E-state index contributed by atoms with van der Waals surface area (Å²) in [6, 6.07) is 13.7. The van der Waals surface area contributed by atoms with Gasteiger partial charge in [-0.1, -0.05) is 29.8 Å². The smallest absolute Gasteiger partial charge is 0.227 e. The zero-order valence-electron chi connectivity index (χ0n) is 13.5. The van der Waals surface area contributed by atoms with Crippen molar-refractivity contribution < 1.29 is 14.0 Å². The third-order valence-electron chi connectivity index (χ3n) is 4.22. The van der Waals surface area contributed by atoms with E-state index in [2.05, 4.69) is 5.32 Å². The summed E-state index contributed by atoms with van der Waals surface area (Å²) < 4.78 is 13.0. The van der Waals surface area contributed by atoms with Gasteiger partial charge in [0.2, 0.25) is 11.8 Å². The van der Waals surface area contributed by atoms with Crippen molar-refractivity contribution in [3.05, 3.63) is 65.5 Å². The number of rotatable bonds is 4. The average molecular weight is 326 g/mol. The van der Waals surface area contributed by atoms with Gasteiger partial charge in [-0.15, -0.1) is 0 Å². The minimum atomic E-state index is -0.381. The summed E-state index contributed by atoms with van der Waals surface area (Å²) in [4.78, 5) is 26.0. The number of carbonyl (C=O) groups excluding carboxylic acids is 2. The van der Waals surface area contributed by atoms with Crippen LogP contribution in [0.15, 0.2) is 48.5 Å². The van der Waals surface area contributed by atoms with Crippen molar-refractivity contribution >= 4 is 17.5 Å². The monoisotopic (exact) mass is 326 g/mol. The van der Waals surface area contributed by atoms with Crippen LogP contribution in [0.1, 0.15) is 17.5 Å². The number of hydrogen-bond donors (Lipinski definition) is 1. The van der Waals surface area contributed by atoms with Gasteiger partial charge in [0.15, 0.2) is 0 Å². The Morgan fingerprint density at radius 3 is 2.50 bits per heavy atom. The van der Waals surface area contributed by atoms with Crippen molar-refractivity contribution in [1.82, 2.24) is 5.32 Å². The molecule has 1 aliphatic heterocycles. The molecule has 0 radical (unpaired) electrons. The number of benzene rings is 2. The summed E-state index contributed by atoms with van der Waals surface area (Å²) >= 11 is 0. The van der Waals surface area contributed by atoms with Crippen LogP contribution in [0.5, 0.6) is 0 Å². The molecule has 0 unspecified atom stereocenters. The van der Waals surface area contributed by atoms with Gasteiger partial charge in [-0.05, 0) is 36.8 Å². The van der Waals surface area contributed by atoms with Gasteiger partial charge >= 0.3 is 0 Å². The van der Waals surface area contributed by atoms with E-state index in [1.54, 1.807) is 12.1 Å². The summed E-state index contributed by atoms with van der Waals surface area (Å²) in [7, 11) is 0. The fourth-order valence-electron chi connectivity index (χ4n) is 2.79. The van der Waals surface area contributed by atoms with Crippen LogP contribution < -0.4 is 10.2 Å². The van der Waals surface area contributed by atoms with Gasteiger partial charge in [-0.2, -0.15) is 0 Å². The number of nitrogens with one attached hydrogen (secondary N) is 1. The predicted octanol–water partition coefficient (Wildman–Crippen LogP) is 2.80. The molecular formula is C19H19FN2O2. The zero-order chi connectivity index (χ0) is 17.1. The molecule has 1 atom stereocenters. The average Bonchev–Trinajstić information content (AvgIpc) is 2.97. The van der Waals surface area contributed by atoms with Gasteiger partial charge in [0.05, 0.1) is 5.92 Å². The van der Waals surface area contributed by atoms with Crippen LogP contribution in [0.3, 0.4) is 0 Å². The van der Waals surface area contributed by atoms with Crippen LogP contribution in [0.25, 0.3) is 0 Å². The zero-order valence-corrected chi connectivity index (χ0v) is 13.5. The SMILES string of the molecule is Cc1ccc(CNC(=O)[C@@H]2CC(=O)N(c3ccc(F)cc3)C2)cc1. The van der Waals surface area contributed by atoms with E-state index in [0.717, 1.165) is 5.56 Å². The van der Waals surface area contributed by atoms with Gasteiger partial charge in [-0.3, -0.25) is 9.59 Å². The lowest BCUT2D eigenvalue weighted by atomic mass is 10.1. The quantitative estimate of drug-likeness (QED) is 0.939. The van der Waals surface area contributed by atoms with Crippen molar-refractivity contribution in [3.63, 3.8) is 0 Å². The number of amides is 2. The maximum atomic E-state index is 13.0. The molecule has 2 aromatic rings. The molecule has 124 valence electrons. The summed E-state index contributed by atoms with van der Waals surface area (Å²) in [5, 5.41) is 2.88. The molecule has 24 heavy (non-hydrogen) atoms. The van der Waals surface area contributed by atoms with Crippen LogP contribution in [-0.2, 0) is 16.1 Å². The number of anilines is 1.